The van der Waals surface area contributed by atoms with Gasteiger partial charge in [0.25, 0.3) is 5.91 Å². The molecule has 4 nitrogen and oxygen atoms in total. The third-order valence-corrected chi connectivity index (χ3v) is 5.51. The Hall–Kier alpha value is -2.07. The Morgan fingerprint density at radius 2 is 1.67 bits per heavy atom. The van der Waals surface area contributed by atoms with E-state index in [4.69, 9.17) is 11.6 Å². The van der Waals surface area contributed by atoms with E-state index >= 15 is 0 Å². The van der Waals surface area contributed by atoms with E-state index in [9.17, 15) is 9.59 Å². The van der Waals surface area contributed by atoms with Crippen LogP contribution < -0.4 is 10.7 Å². The van der Waals surface area contributed by atoms with Crippen LogP contribution in [0, 0.1) is 13.8 Å². The van der Waals surface area contributed by atoms with Gasteiger partial charge in [-0.2, -0.15) is 0 Å². The molecule has 0 aliphatic heterocycles. The summed E-state index contributed by atoms with van der Waals surface area (Å²) >= 11 is 6.22. The van der Waals surface area contributed by atoms with E-state index in [2.05, 4.69) is 5.32 Å². The number of aryl methyl sites for hydroxylation is 2. The summed E-state index contributed by atoms with van der Waals surface area (Å²) in [5.74, 6) is -0.339. The van der Waals surface area contributed by atoms with Crippen LogP contribution in [0.15, 0.2) is 16.9 Å². The standard InChI is InChI=1S/C22H29ClN2O2/c1-7-10-18-19(21(26)13(4)14(5)25(18)6)22(27)24-20-15(8-2)11-17(23)12-16(20)9-3/h11-12H,7-10H2,1-6H3,(H,24,27). The first-order valence-corrected chi connectivity index (χ1v) is 9.96. The van der Waals surface area contributed by atoms with Crippen molar-refractivity contribution in [3.63, 3.8) is 0 Å². The van der Waals surface area contributed by atoms with Crippen molar-refractivity contribution in [2.24, 2.45) is 7.05 Å². The van der Waals surface area contributed by atoms with Crippen LogP contribution in [0.1, 0.15) is 65.6 Å². The number of amides is 1. The van der Waals surface area contributed by atoms with Crippen molar-refractivity contribution >= 4 is 23.2 Å². The van der Waals surface area contributed by atoms with Gasteiger partial charge >= 0.3 is 0 Å². The van der Waals surface area contributed by atoms with Gasteiger partial charge in [0.1, 0.15) is 5.56 Å². The van der Waals surface area contributed by atoms with Gasteiger partial charge in [0, 0.05) is 34.7 Å². The number of carbonyl (C=O) groups is 1. The fraction of sp³-hybridized carbons (Fsp3) is 0.455. The Morgan fingerprint density at radius 1 is 1.11 bits per heavy atom. The molecule has 2 aromatic rings. The van der Waals surface area contributed by atoms with E-state index in [0.29, 0.717) is 17.0 Å². The van der Waals surface area contributed by atoms with Crippen LogP contribution in [0.2, 0.25) is 5.02 Å². The molecule has 0 spiro atoms. The maximum atomic E-state index is 13.2. The summed E-state index contributed by atoms with van der Waals surface area (Å²) in [7, 11) is 1.92. The number of nitrogens with one attached hydrogen (secondary N) is 1. The first-order chi connectivity index (χ1) is 12.8. The van der Waals surface area contributed by atoms with Crippen LogP contribution in [-0.2, 0) is 26.3 Å². The lowest BCUT2D eigenvalue weighted by molar-refractivity contribution is 0.102. The quantitative estimate of drug-likeness (QED) is 0.758. The highest BCUT2D eigenvalue weighted by molar-refractivity contribution is 6.30. The van der Waals surface area contributed by atoms with Crippen molar-refractivity contribution < 1.29 is 4.79 Å². The Kier molecular flexibility index (Phi) is 6.88. The Balaban J connectivity index is 2.63. The zero-order chi connectivity index (χ0) is 20.3. The van der Waals surface area contributed by atoms with Crippen molar-refractivity contribution in [2.75, 3.05) is 5.32 Å². The molecule has 5 heteroatoms. The number of anilines is 1. The third-order valence-electron chi connectivity index (χ3n) is 5.29. The highest BCUT2D eigenvalue weighted by Gasteiger charge is 2.22. The SMILES string of the molecule is CCCc1c(C(=O)Nc2c(CC)cc(Cl)cc2CC)c(=O)c(C)c(C)n1C. The lowest BCUT2D eigenvalue weighted by atomic mass is 10.0. The molecule has 0 saturated carbocycles. The van der Waals surface area contributed by atoms with E-state index in [1.807, 2.05) is 51.4 Å². The molecule has 0 unspecified atom stereocenters. The number of benzene rings is 1. The second kappa shape index (κ2) is 8.75. The number of hydrogen-bond donors (Lipinski definition) is 1. The van der Waals surface area contributed by atoms with E-state index in [-0.39, 0.29) is 16.9 Å². The van der Waals surface area contributed by atoms with Crippen LogP contribution in [0.3, 0.4) is 0 Å². The van der Waals surface area contributed by atoms with Crippen LogP contribution in [0.5, 0.6) is 0 Å². The summed E-state index contributed by atoms with van der Waals surface area (Å²) in [5.41, 5.74) is 5.10. The average molecular weight is 389 g/mol. The van der Waals surface area contributed by atoms with Crippen molar-refractivity contribution in [3.8, 4) is 0 Å². The molecular weight excluding hydrogens is 360 g/mol. The summed E-state index contributed by atoms with van der Waals surface area (Å²) in [6.07, 6.45) is 3.03. The first-order valence-electron chi connectivity index (χ1n) is 9.58. The van der Waals surface area contributed by atoms with E-state index in [1.165, 1.54) is 0 Å². The minimum Gasteiger partial charge on any atom is -0.351 e. The van der Waals surface area contributed by atoms with Crippen molar-refractivity contribution in [1.82, 2.24) is 4.57 Å². The molecule has 0 bridgehead atoms. The second-order valence-electron chi connectivity index (χ2n) is 6.93. The summed E-state index contributed by atoms with van der Waals surface area (Å²) in [6.45, 7) is 9.80. The van der Waals surface area contributed by atoms with Crippen LogP contribution in [0.25, 0.3) is 0 Å². The monoisotopic (exact) mass is 388 g/mol. The number of pyridine rings is 1. The molecule has 0 fully saturated rings. The van der Waals surface area contributed by atoms with Gasteiger partial charge in [-0.15, -0.1) is 0 Å². The number of nitrogens with zero attached hydrogens (tertiary/aromatic N) is 1. The minimum atomic E-state index is -0.339. The molecule has 0 aliphatic rings. The van der Waals surface area contributed by atoms with Gasteiger partial charge in [-0.05, 0) is 56.4 Å². The van der Waals surface area contributed by atoms with Gasteiger partial charge in [0.15, 0.2) is 5.43 Å². The Bertz CT molecular complexity index is 904. The van der Waals surface area contributed by atoms with Crippen LogP contribution >= 0.6 is 11.6 Å². The van der Waals surface area contributed by atoms with Gasteiger partial charge in [-0.1, -0.05) is 38.8 Å². The maximum absolute atomic E-state index is 13.2. The van der Waals surface area contributed by atoms with Crippen LogP contribution in [0.4, 0.5) is 5.69 Å². The van der Waals surface area contributed by atoms with E-state index < -0.39 is 0 Å². The number of carbonyl (C=O) groups excluding carboxylic acids is 1. The zero-order valence-electron chi connectivity index (χ0n) is 17.1. The molecule has 1 aromatic heterocycles. The van der Waals surface area contributed by atoms with E-state index in [0.717, 1.165) is 47.5 Å². The van der Waals surface area contributed by atoms with Gasteiger partial charge in [-0.3, -0.25) is 9.59 Å². The molecule has 0 atom stereocenters. The molecule has 1 amide bonds. The fourth-order valence-electron chi connectivity index (χ4n) is 3.49. The highest BCUT2D eigenvalue weighted by atomic mass is 35.5. The molecule has 1 N–H and O–H groups in total. The molecule has 146 valence electrons. The Labute approximate surface area is 166 Å². The molecule has 0 aliphatic carbocycles. The van der Waals surface area contributed by atoms with Crippen molar-refractivity contribution in [2.45, 2.75) is 60.3 Å². The molecule has 27 heavy (non-hydrogen) atoms. The smallest absolute Gasteiger partial charge is 0.261 e. The molecule has 0 saturated heterocycles. The maximum Gasteiger partial charge on any atom is 0.261 e. The molecule has 0 radical (unpaired) electrons. The molecule has 2 rings (SSSR count). The third kappa shape index (κ3) is 4.11. The molecular formula is C22H29ClN2O2. The molecule has 1 heterocycles. The predicted molar refractivity (Wildman–Crippen MR) is 113 cm³/mol. The van der Waals surface area contributed by atoms with Gasteiger partial charge < -0.3 is 9.88 Å². The number of aromatic nitrogens is 1. The lowest BCUT2D eigenvalue weighted by Crippen LogP contribution is -2.30. The lowest BCUT2D eigenvalue weighted by Gasteiger charge is -2.20. The van der Waals surface area contributed by atoms with Gasteiger partial charge in [0.05, 0.1) is 0 Å². The normalized spacial score (nSPS) is 10.9. The van der Waals surface area contributed by atoms with Gasteiger partial charge in [-0.25, -0.2) is 0 Å². The van der Waals surface area contributed by atoms with Crippen LogP contribution in [-0.4, -0.2) is 10.5 Å². The van der Waals surface area contributed by atoms with Gasteiger partial charge in [0.2, 0.25) is 0 Å². The Morgan fingerprint density at radius 3 is 2.15 bits per heavy atom. The molecule has 1 aromatic carbocycles. The van der Waals surface area contributed by atoms with Crippen molar-refractivity contribution in [1.29, 1.82) is 0 Å². The summed E-state index contributed by atoms with van der Waals surface area (Å²) < 4.78 is 1.97. The average Bonchev–Trinajstić information content (AvgIpc) is 2.65. The highest BCUT2D eigenvalue weighted by Crippen LogP contribution is 2.28. The van der Waals surface area contributed by atoms with Crippen molar-refractivity contribution in [3.05, 3.63) is 61.0 Å². The summed E-state index contributed by atoms with van der Waals surface area (Å²) in [4.78, 5) is 26.1. The summed E-state index contributed by atoms with van der Waals surface area (Å²) in [5, 5.41) is 3.69. The predicted octanol–water partition coefficient (Wildman–Crippen LogP) is 4.99. The summed E-state index contributed by atoms with van der Waals surface area (Å²) in [6, 6.07) is 3.75. The second-order valence-corrected chi connectivity index (χ2v) is 7.37. The topological polar surface area (TPSA) is 51.1 Å². The van der Waals surface area contributed by atoms with E-state index in [1.54, 1.807) is 6.92 Å². The number of hydrogen-bond acceptors (Lipinski definition) is 2. The fourth-order valence-corrected chi connectivity index (χ4v) is 3.75. The zero-order valence-corrected chi connectivity index (χ0v) is 17.9. The number of halogens is 1. The minimum absolute atomic E-state index is 0.184. The number of rotatable bonds is 6. The first kappa shape index (κ1) is 21.2. The largest absolute Gasteiger partial charge is 0.351 e.